The maximum atomic E-state index is 12.9. The number of nitrogens with one attached hydrogen (secondary N) is 1. The van der Waals surface area contributed by atoms with E-state index in [1.807, 2.05) is 0 Å². The molecule has 30 heavy (non-hydrogen) atoms. The summed E-state index contributed by atoms with van der Waals surface area (Å²) < 4.78 is 16.7. The smallest absolute Gasteiger partial charge is 0.354 e. The number of hydrogen-bond acceptors (Lipinski definition) is 7. The first kappa shape index (κ1) is 21.3. The number of rotatable bonds is 4. The molecule has 2 aromatic heterocycles. The van der Waals surface area contributed by atoms with E-state index in [1.54, 1.807) is 0 Å². The zero-order chi connectivity index (χ0) is 21.7. The first-order valence-electron chi connectivity index (χ1n) is 9.82. The number of hydrogen-bond donors (Lipinski definition) is 4. The molecule has 4 rings (SSSR count). The van der Waals surface area contributed by atoms with E-state index in [4.69, 9.17) is 10.1 Å². The lowest BCUT2D eigenvalue weighted by atomic mass is 10.0. The van der Waals surface area contributed by atoms with Gasteiger partial charge in [0.25, 0.3) is 0 Å². The number of nitrogens with two attached hydrogens (primary N) is 1. The van der Waals surface area contributed by atoms with Crippen molar-refractivity contribution in [3.05, 3.63) is 33.7 Å². The van der Waals surface area contributed by atoms with Gasteiger partial charge in [-0.15, -0.1) is 15.7 Å². The van der Waals surface area contributed by atoms with Gasteiger partial charge in [-0.25, -0.2) is 19.1 Å². The van der Waals surface area contributed by atoms with Crippen molar-refractivity contribution in [1.29, 1.82) is 0 Å². The number of carbonyl (C=O) groups is 1. The number of aromatic nitrogens is 2. The number of thiazole rings is 1. The number of aliphatic hydroxyl groups is 2. The average molecular weight is 452 g/mol. The Hall–Kier alpha value is -1.92. The van der Waals surface area contributed by atoms with Crippen molar-refractivity contribution in [2.75, 3.05) is 11.9 Å². The Kier molecular flexibility index (Phi) is 5.43. The Morgan fingerprint density at radius 3 is 2.93 bits per heavy atom. The lowest BCUT2D eigenvalue weighted by Crippen LogP contribution is -2.25. The van der Waals surface area contributed by atoms with Crippen molar-refractivity contribution in [2.45, 2.75) is 61.7 Å². The largest absolute Gasteiger partial charge is 0.393 e. The van der Waals surface area contributed by atoms with Crippen LogP contribution in [0.2, 0.25) is 0 Å². The Labute approximate surface area is 179 Å². The molecule has 0 aliphatic heterocycles. The van der Waals surface area contributed by atoms with Crippen LogP contribution >= 0.6 is 11.3 Å². The molecule has 0 radical (unpaired) electrons. The second-order valence-corrected chi connectivity index (χ2v) is 11.1. The molecular weight excluding hydrogens is 426 g/mol. The van der Waals surface area contributed by atoms with Crippen molar-refractivity contribution >= 4 is 33.0 Å². The van der Waals surface area contributed by atoms with Gasteiger partial charge in [-0.05, 0) is 56.1 Å². The summed E-state index contributed by atoms with van der Waals surface area (Å²) >= 11 is 0.855. The molecular formula is C19H25N5O4S2. The Morgan fingerprint density at radius 1 is 1.43 bits per heavy atom. The zero-order valence-electron chi connectivity index (χ0n) is 16.8. The molecule has 11 heteroatoms. The van der Waals surface area contributed by atoms with E-state index < -0.39 is 28.2 Å². The normalized spacial score (nSPS) is 21.4. The molecule has 0 saturated carbocycles. The fourth-order valence-electron chi connectivity index (χ4n) is 3.96. The van der Waals surface area contributed by atoms with E-state index in [0.717, 1.165) is 71.6 Å². The summed E-state index contributed by atoms with van der Waals surface area (Å²) in [6, 6.07) is -0.784. The number of nitrogens with zero attached hydrogens (tertiary/aromatic N) is 3. The van der Waals surface area contributed by atoms with Crippen molar-refractivity contribution in [2.24, 2.45) is 9.50 Å². The molecule has 2 aliphatic carbocycles. The minimum absolute atomic E-state index is 0.0557. The number of amides is 2. The van der Waals surface area contributed by atoms with Crippen molar-refractivity contribution in [3.63, 3.8) is 0 Å². The van der Waals surface area contributed by atoms with Crippen LogP contribution in [-0.4, -0.2) is 37.0 Å². The lowest BCUT2D eigenvalue weighted by Gasteiger charge is -2.16. The van der Waals surface area contributed by atoms with Crippen LogP contribution in [0.15, 0.2) is 14.8 Å². The van der Waals surface area contributed by atoms with Crippen LogP contribution in [0.25, 0.3) is 0 Å². The van der Waals surface area contributed by atoms with E-state index in [9.17, 15) is 19.2 Å². The third-order valence-corrected chi connectivity index (χ3v) is 8.77. The van der Waals surface area contributed by atoms with Gasteiger partial charge in [-0.3, -0.25) is 4.98 Å². The highest BCUT2D eigenvalue weighted by molar-refractivity contribution is 7.93. The molecule has 2 aromatic rings. The van der Waals surface area contributed by atoms with Gasteiger partial charge in [-0.2, -0.15) is 0 Å². The molecule has 0 bridgehead atoms. The van der Waals surface area contributed by atoms with Gasteiger partial charge in [-0.1, -0.05) is 6.92 Å². The van der Waals surface area contributed by atoms with Crippen LogP contribution in [-0.2, 0) is 34.8 Å². The summed E-state index contributed by atoms with van der Waals surface area (Å²) in [6.45, 7) is 2.95. The number of fused-ring (bicyclic) bond motifs is 2. The Bertz CT molecular complexity index is 1130. The van der Waals surface area contributed by atoms with Crippen molar-refractivity contribution in [3.8, 4) is 0 Å². The number of carbonyl (C=O) groups excluding carboxylic acids is 1. The molecule has 0 aromatic carbocycles. The van der Waals surface area contributed by atoms with Gasteiger partial charge in [0.15, 0.2) is 9.92 Å². The fourth-order valence-corrected chi connectivity index (χ4v) is 6.06. The Morgan fingerprint density at radius 2 is 2.20 bits per heavy atom. The molecule has 2 heterocycles. The van der Waals surface area contributed by atoms with Gasteiger partial charge in [0, 0.05) is 11.4 Å². The average Bonchev–Trinajstić information content (AvgIpc) is 3.41. The summed E-state index contributed by atoms with van der Waals surface area (Å²) in [5.74, 6) is 0.340. The van der Waals surface area contributed by atoms with E-state index in [0.29, 0.717) is 5.92 Å². The summed E-state index contributed by atoms with van der Waals surface area (Å²) in [5.41, 5.74) is 3.27. The van der Waals surface area contributed by atoms with Crippen LogP contribution in [0.4, 0.5) is 10.5 Å². The maximum absolute atomic E-state index is 12.9. The number of aryl methyl sites for hydroxylation is 1. The summed E-state index contributed by atoms with van der Waals surface area (Å²) in [5, 5.41) is 28.2. The first-order chi connectivity index (χ1) is 14.1. The minimum atomic E-state index is -3.56. The molecule has 3 atom stereocenters. The molecule has 2 aliphatic rings. The Balaban J connectivity index is 1.65. The number of pyridine rings is 1. The predicted octanol–water partition coefficient (Wildman–Crippen LogP) is 2.21. The number of urea groups is 1. The predicted molar refractivity (Wildman–Crippen MR) is 114 cm³/mol. The van der Waals surface area contributed by atoms with Gasteiger partial charge in [0.1, 0.15) is 14.8 Å². The molecule has 0 fully saturated rings. The molecule has 0 saturated heterocycles. The van der Waals surface area contributed by atoms with E-state index >= 15 is 0 Å². The minimum Gasteiger partial charge on any atom is -0.393 e. The zero-order valence-corrected chi connectivity index (χ0v) is 18.5. The summed E-state index contributed by atoms with van der Waals surface area (Å²) in [4.78, 5) is 21.5. The molecule has 0 spiro atoms. The molecule has 1 unspecified atom stereocenters. The highest BCUT2D eigenvalue weighted by atomic mass is 32.2. The van der Waals surface area contributed by atoms with Gasteiger partial charge < -0.3 is 15.5 Å². The highest BCUT2D eigenvalue weighted by Crippen LogP contribution is 2.41. The highest BCUT2D eigenvalue weighted by Gasteiger charge is 2.31. The second kappa shape index (κ2) is 7.65. The fraction of sp³-hybridized carbons (Fsp3) is 0.526. The lowest BCUT2D eigenvalue weighted by molar-refractivity contribution is -0.00244. The van der Waals surface area contributed by atoms with Gasteiger partial charge in [0.2, 0.25) is 0 Å². The van der Waals surface area contributed by atoms with Crippen molar-refractivity contribution in [1.82, 2.24) is 9.97 Å². The van der Waals surface area contributed by atoms with Crippen LogP contribution in [0.3, 0.4) is 0 Å². The van der Waals surface area contributed by atoms with Crippen LogP contribution < -0.4 is 10.5 Å². The van der Waals surface area contributed by atoms with Gasteiger partial charge >= 0.3 is 6.03 Å². The SMILES string of the molecule is C[C@@H]1CCc2c1nc1c(c2NC(=O)N=S(N)(=O)c2cnc([C@@](C)(O)CO)s2)CCC1. The van der Waals surface area contributed by atoms with Gasteiger partial charge in [0.05, 0.1) is 18.5 Å². The van der Waals surface area contributed by atoms with E-state index in [-0.39, 0.29) is 9.22 Å². The van der Waals surface area contributed by atoms with Crippen LogP contribution in [0, 0.1) is 0 Å². The van der Waals surface area contributed by atoms with E-state index in [2.05, 4.69) is 21.6 Å². The van der Waals surface area contributed by atoms with Crippen LogP contribution in [0.5, 0.6) is 0 Å². The number of anilines is 1. The maximum Gasteiger partial charge on any atom is 0.354 e. The standard InChI is InChI=1S/C19H25N5O4S2/c1-10-6-7-12-15(10)22-13-5-3-4-11(13)16(12)23-18(26)24-30(20,28)14-8-21-17(29-14)19(2,27)9-25/h8,10,25,27H,3-7,9H2,1-2H3,(H3,20,22,23,24,26,28)/t10-,19+,30?/m1/s1. The molecule has 5 N–H and O–H groups in total. The topological polar surface area (TPSA) is 151 Å². The summed E-state index contributed by atoms with van der Waals surface area (Å²) in [7, 11) is -3.56. The third-order valence-electron chi connectivity index (χ3n) is 5.64. The van der Waals surface area contributed by atoms with Crippen molar-refractivity contribution < 1.29 is 19.2 Å². The van der Waals surface area contributed by atoms with E-state index in [1.165, 1.54) is 13.1 Å². The summed E-state index contributed by atoms with van der Waals surface area (Å²) in [6.07, 6.45) is 5.74. The molecule has 2 amide bonds. The molecule has 162 valence electrons. The second-order valence-electron chi connectivity index (χ2n) is 8.08. The first-order valence-corrected chi connectivity index (χ1v) is 12.2. The monoisotopic (exact) mass is 451 g/mol. The molecule has 9 nitrogen and oxygen atoms in total. The quantitative estimate of drug-likeness (QED) is 0.559. The number of aliphatic hydroxyl groups excluding tert-OH is 1. The third kappa shape index (κ3) is 3.76. The van der Waals surface area contributed by atoms with Crippen LogP contribution in [0.1, 0.15) is 60.1 Å².